The van der Waals surface area contributed by atoms with E-state index in [1.54, 1.807) is 0 Å². The fraction of sp³-hybridized carbons (Fsp3) is 0.152. The highest BCUT2D eigenvalue weighted by Gasteiger charge is 2.39. The molecule has 0 saturated carbocycles. The van der Waals surface area contributed by atoms with E-state index in [-0.39, 0.29) is 23.9 Å². The molecule has 39 heavy (non-hydrogen) atoms. The van der Waals surface area contributed by atoms with Gasteiger partial charge in [-0.3, -0.25) is 14.5 Å². The summed E-state index contributed by atoms with van der Waals surface area (Å²) in [5.74, 6) is -0.0896. The van der Waals surface area contributed by atoms with Gasteiger partial charge in [-0.05, 0) is 48.7 Å². The average molecular weight is 551 g/mol. The summed E-state index contributed by atoms with van der Waals surface area (Å²) in [6, 6.07) is 35.0. The highest BCUT2D eigenvalue weighted by Crippen LogP contribution is 2.45. The standard InChI is InChI=1S/C33H27ClN2O2S/c1-22-20-28(25-16-8-10-18-27(25)35(22)30(37)21-23-12-4-2-5-13-23)36(24-14-6-3-7-15-24)33(38)32-31(34)26-17-9-11-19-29(26)39-32/h2-19,22,28H,20-21H2,1H3/t22-,28-/m0/s1. The van der Waals surface area contributed by atoms with Crippen molar-refractivity contribution in [1.29, 1.82) is 0 Å². The zero-order valence-electron chi connectivity index (χ0n) is 21.5. The van der Waals surface area contributed by atoms with Gasteiger partial charge in [-0.1, -0.05) is 96.5 Å². The molecule has 2 heterocycles. The predicted octanol–water partition coefficient (Wildman–Crippen LogP) is 8.31. The van der Waals surface area contributed by atoms with Gasteiger partial charge in [-0.25, -0.2) is 0 Å². The molecule has 194 valence electrons. The van der Waals surface area contributed by atoms with E-state index in [9.17, 15) is 9.59 Å². The maximum atomic E-state index is 14.4. The van der Waals surface area contributed by atoms with E-state index in [0.29, 0.717) is 22.7 Å². The molecule has 5 aromatic rings. The second-order valence-corrected chi connectivity index (χ2v) is 11.3. The van der Waals surface area contributed by atoms with Crippen molar-refractivity contribution in [3.05, 3.63) is 130 Å². The first kappa shape index (κ1) is 25.4. The van der Waals surface area contributed by atoms with Gasteiger partial charge in [-0.15, -0.1) is 11.3 Å². The summed E-state index contributed by atoms with van der Waals surface area (Å²) in [4.78, 5) is 32.3. The van der Waals surface area contributed by atoms with Gasteiger partial charge < -0.3 is 4.90 Å². The molecule has 6 heteroatoms. The Morgan fingerprint density at radius 2 is 1.51 bits per heavy atom. The number of thiophene rings is 1. The van der Waals surface area contributed by atoms with Crippen LogP contribution in [-0.4, -0.2) is 17.9 Å². The molecule has 4 nitrogen and oxygen atoms in total. The molecule has 0 spiro atoms. The Morgan fingerprint density at radius 1 is 0.872 bits per heavy atom. The average Bonchev–Trinajstić information content (AvgIpc) is 3.30. The highest BCUT2D eigenvalue weighted by atomic mass is 35.5. The highest BCUT2D eigenvalue weighted by molar-refractivity contribution is 7.21. The Labute approximate surface area is 237 Å². The Morgan fingerprint density at radius 3 is 2.26 bits per heavy atom. The molecule has 0 radical (unpaired) electrons. The maximum absolute atomic E-state index is 14.4. The Kier molecular flexibility index (Phi) is 6.94. The number of nitrogens with zero attached hydrogens (tertiary/aromatic N) is 2. The van der Waals surface area contributed by atoms with Crippen molar-refractivity contribution in [3.63, 3.8) is 0 Å². The van der Waals surface area contributed by atoms with Gasteiger partial charge in [0.25, 0.3) is 5.91 Å². The first-order valence-corrected chi connectivity index (χ1v) is 14.2. The molecule has 0 fully saturated rings. The molecule has 4 aromatic carbocycles. The first-order valence-electron chi connectivity index (χ1n) is 13.0. The molecule has 0 N–H and O–H groups in total. The third kappa shape index (κ3) is 4.73. The molecule has 1 aliphatic heterocycles. The number of rotatable bonds is 5. The van der Waals surface area contributed by atoms with Crippen LogP contribution in [0.25, 0.3) is 10.1 Å². The minimum absolute atomic E-state index is 0.0461. The molecule has 0 bridgehead atoms. The number of carbonyl (C=O) groups is 2. The normalized spacial score (nSPS) is 16.6. The van der Waals surface area contributed by atoms with E-state index in [1.807, 2.05) is 119 Å². The van der Waals surface area contributed by atoms with Gasteiger partial charge in [0.15, 0.2) is 0 Å². The third-order valence-corrected chi connectivity index (χ3v) is 8.98. The van der Waals surface area contributed by atoms with Gasteiger partial charge >= 0.3 is 0 Å². The zero-order chi connectivity index (χ0) is 26.9. The van der Waals surface area contributed by atoms with Crippen molar-refractivity contribution in [2.45, 2.75) is 31.8 Å². The van der Waals surface area contributed by atoms with Crippen LogP contribution in [0.4, 0.5) is 11.4 Å². The van der Waals surface area contributed by atoms with E-state index in [1.165, 1.54) is 11.3 Å². The lowest BCUT2D eigenvalue weighted by Crippen LogP contribution is -2.48. The first-order chi connectivity index (χ1) is 19.0. The van der Waals surface area contributed by atoms with Crippen LogP contribution in [0.15, 0.2) is 109 Å². The number of hydrogen-bond donors (Lipinski definition) is 0. The number of hydrogen-bond acceptors (Lipinski definition) is 3. The fourth-order valence-corrected chi connectivity index (χ4v) is 7.00. The van der Waals surface area contributed by atoms with E-state index in [0.717, 1.165) is 32.6 Å². The lowest BCUT2D eigenvalue weighted by atomic mass is 9.89. The molecular weight excluding hydrogens is 524 g/mol. The molecule has 0 unspecified atom stereocenters. The largest absolute Gasteiger partial charge is 0.309 e. The predicted molar refractivity (Wildman–Crippen MR) is 161 cm³/mol. The van der Waals surface area contributed by atoms with Crippen LogP contribution >= 0.6 is 22.9 Å². The van der Waals surface area contributed by atoms with Crippen LogP contribution in [0.2, 0.25) is 5.02 Å². The number of amides is 2. The van der Waals surface area contributed by atoms with E-state index >= 15 is 0 Å². The van der Waals surface area contributed by atoms with Crippen LogP contribution < -0.4 is 9.80 Å². The maximum Gasteiger partial charge on any atom is 0.270 e. The van der Waals surface area contributed by atoms with Gasteiger partial charge in [0.1, 0.15) is 4.88 Å². The van der Waals surface area contributed by atoms with Crippen molar-refractivity contribution in [3.8, 4) is 0 Å². The Balaban J connectivity index is 1.43. The minimum Gasteiger partial charge on any atom is -0.309 e. The summed E-state index contributed by atoms with van der Waals surface area (Å²) in [7, 11) is 0. The molecule has 1 aliphatic rings. The van der Waals surface area contributed by atoms with Crippen LogP contribution in [0.1, 0.15) is 40.2 Å². The topological polar surface area (TPSA) is 40.6 Å². The molecular formula is C33H27ClN2O2S. The van der Waals surface area contributed by atoms with Crippen LogP contribution in [0.3, 0.4) is 0 Å². The number of anilines is 2. The molecule has 0 saturated heterocycles. The summed E-state index contributed by atoms with van der Waals surface area (Å²) >= 11 is 8.22. The number of benzene rings is 4. The van der Waals surface area contributed by atoms with E-state index in [2.05, 4.69) is 6.92 Å². The second-order valence-electron chi connectivity index (χ2n) is 9.84. The van der Waals surface area contributed by atoms with E-state index in [4.69, 9.17) is 11.6 Å². The Bertz CT molecular complexity index is 1650. The van der Waals surface area contributed by atoms with Crippen LogP contribution in [0.5, 0.6) is 0 Å². The van der Waals surface area contributed by atoms with Crippen molar-refractivity contribution >= 4 is 56.2 Å². The molecule has 0 aliphatic carbocycles. The summed E-state index contributed by atoms with van der Waals surface area (Å²) < 4.78 is 0.981. The van der Waals surface area contributed by atoms with Gasteiger partial charge in [0, 0.05) is 27.5 Å². The van der Waals surface area contributed by atoms with Crippen molar-refractivity contribution in [2.24, 2.45) is 0 Å². The molecule has 2 atom stereocenters. The minimum atomic E-state index is -0.270. The number of halogens is 1. The number of fused-ring (bicyclic) bond motifs is 2. The van der Waals surface area contributed by atoms with Crippen LogP contribution in [0, 0.1) is 0 Å². The second kappa shape index (κ2) is 10.7. The smallest absolute Gasteiger partial charge is 0.270 e. The Hall–Kier alpha value is -3.93. The lowest BCUT2D eigenvalue weighted by molar-refractivity contribution is -0.118. The summed E-state index contributed by atoms with van der Waals surface area (Å²) in [6.07, 6.45) is 0.920. The quantitative estimate of drug-likeness (QED) is 0.221. The summed E-state index contributed by atoms with van der Waals surface area (Å²) in [5, 5.41) is 1.37. The monoisotopic (exact) mass is 550 g/mol. The van der Waals surface area contributed by atoms with Gasteiger partial charge in [0.05, 0.1) is 17.5 Å². The fourth-order valence-electron chi connectivity index (χ4n) is 5.55. The van der Waals surface area contributed by atoms with Gasteiger partial charge in [-0.2, -0.15) is 0 Å². The number of para-hydroxylation sites is 2. The van der Waals surface area contributed by atoms with Crippen molar-refractivity contribution in [2.75, 3.05) is 9.80 Å². The third-order valence-electron chi connectivity index (χ3n) is 7.32. The summed E-state index contributed by atoms with van der Waals surface area (Å²) in [6.45, 7) is 2.06. The number of carbonyl (C=O) groups excluding carboxylic acids is 2. The SMILES string of the molecule is C[C@H]1C[C@H](N(C(=O)c2sc3ccccc3c2Cl)c2ccccc2)c2ccccc2N1C(=O)Cc1ccccc1. The van der Waals surface area contributed by atoms with Crippen molar-refractivity contribution in [1.82, 2.24) is 0 Å². The molecule has 1 aromatic heterocycles. The van der Waals surface area contributed by atoms with Crippen LogP contribution in [-0.2, 0) is 11.2 Å². The molecule has 6 rings (SSSR count). The van der Waals surface area contributed by atoms with E-state index < -0.39 is 0 Å². The van der Waals surface area contributed by atoms with Gasteiger partial charge in [0.2, 0.25) is 5.91 Å². The summed E-state index contributed by atoms with van der Waals surface area (Å²) in [5.41, 5.74) is 3.58. The lowest BCUT2D eigenvalue weighted by Gasteiger charge is -2.43. The zero-order valence-corrected chi connectivity index (χ0v) is 23.0. The van der Waals surface area contributed by atoms with Crippen molar-refractivity contribution < 1.29 is 9.59 Å². The molecule has 2 amide bonds.